The number of nitrogens with zero attached hydrogens (tertiary/aromatic N) is 4. The highest BCUT2D eigenvalue weighted by atomic mass is 35.5. The number of anilines is 2. The van der Waals surface area contributed by atoms with E-state index in [0.717, 1.165) is 79.0 Å². The van der Waals surface area contributed by atoms with Gasteiger partial charge in [0.2, 0.25) is 0 Å². The summed E-state index contributed by atoms with van der Waals surface area (Å²) in [7, 11) is 0. The first-order valence-electron chi connectivity index (χ1n) is 14.5. The molecule has 42 heavy (non-hydrogen) atoms. The first-order chi connectivity index (χ1) is 20.4. The summed E-state index contributed by atoms with van der Waals surface area (Å²) in [5.74, 6) is 1.26. The van der Waals surface area contributed by atoms with E-state index in [1.807, 2.05) is 10.6 Å². The van der Waals surface area contributed by atoms with Gasteiger partial charge < -0.3 is 21.3 Å². The van der Waals surface area contributed by atoms with Crippen LogP contribution in [0, 0.1) is 23.1 Å². The molecule has 0 radical (unpaired) electrons. The van der Waals surface area contributed by atoms with Crippen LogP contribution in [0.2, 0.25) is 5.02 Å². The molecule has 3 saturated heterocycles. The molecule has 4 aromatic rings. The monoisotopic (exact) mass is 621 g/mol. The smallest absolute Gasteiger partial charge is 0.350 e. The third-order valence-electron chi connectivity index (χ3n) is 9.42. The summed E-state index contributed by atoms with van der Waals surface area (Å²) in [5, 5.41) is 19.3. The Bertz CT molecular complexity index is 1870. The van der Waals surface area contributed by atoms with Gasteiger partial charge in [-0.1, -0.05) is 17.7 Å². The van der Waals surface area contributed by atoms with Crippen LogP contribution in [0.3, 0.4) is 0 Å². The van der Waals surface area contributed by atoms with Crippen molar-refractivity contribution < 1.29 is 4.39 Å². The van der Waals surface area contributed by atoms with Crippen molar-refractivity contribution in [2.45, 2.75) is 48.7 Å². The van der Waals surface area contributed by atoms with Crippen molar-refractivity contribution >= 4 is 66.5 Å². The van der Waals surface area contributed by atoms with Crippen LogP contribution in [0.1, 0.15) is 37.3 Å². The molecular weight excluding hydrogens is 593 g/mol. The molecule has 4 N–H and O–H groups in total. The van der Waals surface area contributed by atoms with E-state index in [1.54, 1.807) is 17.8 Å². The number of benzene rings is 2. The molecular formula is C30H29ClFN7OS2. The zero-order chi connectivity index (χ0) is 28.7. The molecule has 2 aromatic carbocycles. The van der Waals surface area contributed by atoms with Gasteiger partial charge in [0, 0.05) is 52.2 Å². The Morgan fingerprint density at radius 3 is 2.76 bits per heavy atom. The highest BCUT2D eigenvalue weighted by Gasteiger charge is 2.38. The summed E-state index contributed by atoms with van der Waals surface area (Å²) < 4.78 is 17.2. The molecule has 0 spiro atoms. The van der Waals surface area contributed by atoms with Gasteiger partial charge >= 0.3 is 5.69 Å². The number of halogens is 2. The van der Waals surface area contributed by atoms with Gasteiger partial charge in [0.25, 0.3) is 0 Å². The highest BCUT2D eigenvalue weighted by molar-refractivity contribution is 7.99. The number of rotatable bonds is 3. The lowest BCUT2D eigenvalue weighted by Crippen LogP contribution is -2.52. The van der Waals surface area contributed by atoms with Crippen LogP contribution in [-0.2, 0) is 0 Å². The Balaban J connectivity index is 1.42. The molecule has 4 atom stereocenters. The summed E-state index contributed by atoms with van der Waals surface area (Å²) in [6.07, 6.45) is 4.35. The number of nitriles is 1. The second-order valence-corrected chi connectivity index (χ2v) is 14.3. The molecule has 6 heterocycles. The second-order valence-electron chi connectivity index (χ2n) is 11.8. The first kappa shape index (κ1) is 26.7. The fourth-order valence-electron chi connectivity index (χ4n) is 7.54. The molecule has 2 aromatic heterocycles. The molecule has 4 aliphatic heterocycles. The predicted molar refractivity (Wildman–Crippen MR) is 168 cm³/mol. The van der Waals surface area contributed by atoms with Gasteiger partial charge in [-0.15, -0.1) is 23.1 Å². The summed E-state index contributed by atoms with van der Waals surface area (Å²) in [5.41, 5.74) is 8.39. The van der Waals surface area contributed by atoms with E-state index in [2.05, 4.69) is 21.6 Å². The Morgan fingerprint density at radius 2 is 2.02 bits per heavy atom. The lowest BCUT2D eigenvalue weighted by Gasteiger charge is -2.38. The van der Waals surface area contributed by atoms with E-state index in [4.69, 9.17) is 22.3 Å². The average molecular weight is 622 g/mol. The zero-order valence-corrected chi connectivity index (χ0v) is 25.1. The molecule has 0 saturated carbocycles. The molecule has 2 bridgehead atoms. The van der Waals surface area contributed by atoms with Crippen LogP contribution in [0.4, 0.5) is 15.2 Å². The normalized spacial score (nSPS) is 25.3. The molecule has 0 amide bonds. The van der Waals surface area contributed by atoms with E-state index >= 15 is 0 Å². The summed E-state index contributed by atoms with van der Waals surface area (Å²) in [4.78, 5) is 22.0. The van der Waals surface area contributed by atoms with Crippen LogP contribution >= 0.6 is 34.7 Å². The van der Waals surface area contributed by atoms with Gasteiger partial charge in [-0.3, -0.25) is 4.57 Å². The number of fused-ring (bicyclic) bond motifs is 3. The number of hydrogen-bond acceptors (Lipinski definition) is 9. The number of nitrogens with two attached hydrogens (primary N) is 1. The summed E-state index contributed by atoms with van der Waals surface area (Å²) in [6, 6.07) is 7.95. The predicted octanol–water partition coefficient (Wildman–Crippen LogP) is 5.11. The van der Waals surface area contributed by atoms with Crippen molar-refractivity contribution in [2.24, 2.45) is 5.92 Å². The molecule has 216 valence electrons. The van der Waals surface area contributed by atoms with Gasteiger partial charge in [0.15, 0.2) is 0 Å². The van der Waals surface area contributed by atoms with Crippen molar-refractivity contribution in [3.05, 3.63) is 45.1 Å². The molecule has 12 heteroatoms. The standard InChI is InChI=1S/C30H29ClFN7OS2/c31-20-8-18-25-27(24(20)17-5-6-21(32)26-23(17)19(9-33)28(34)42-26)41-13-22(14-2-1-7-35-10-14)39(25)30(40)37-29(18)38-11-15-3-4-16(12-38)36-15/h5-6,8,14-16,22,35-36H,1-4,7,10-13,34H2/t14?,15?,16?,22-/m1/s1. The van der Waals surface area contributed by atoms with E-state index in [0.29, 0.717) is 55.8 Å². The third kappa shape index (κ3) is 3.99. The van der Waals surface area contributed by atoms with Crippen molar-refractivity contribution in [1.29, 1.82) is 5.26 Å². The maximum absolute atomic E-state index is 15.0. The average Bonchev–Trinajstić information content (AvgIpc) is 3.53. The molecule has 0 aliphatic carbocycles. The maximum atomic E-state index is 15.0. The lowest BCUT2D eigenvalue weighted by molar-refractivity contribution is 0.280. The van der Waals surface area contributed by atoms with E-state index in [9.17, 15) is 14.4 Å². The van der Waals surface area contributed by atoms with Crippen molar-refractivity contribution in [2.75, 3.05) is 42.6 Å². The number of piperazine rings is 1. The van der Waals surface area contributed by atoms with E-state index < -0.39 is 5.82 Å². The van der Waals surface area contributed by atoms with Crippen molar-refractivity contribution in [1.82, 2.24) is 20.2 Å². The fourth-order valence-corrected chi connectivity index (χ4v) is 10.3. The van der Waals surface area contributed by atoms with Crippen molar-refractivity contribution in [3.8, 4) is 17.2 Å². The quantitative estimate of drug-likeness (QED) is 0.289. The van der Waals surface area contributed by atoms with Crippen LogP contribution in [-0.4, -0.2) is 53.6 Å². The number of nitrogens with one attached hydrogen (secondary N) is 2. The number of thioether (sulfide) groups is 1. The Labute approximate surface area is 255 Å². The minimum atomic E-state index is -0.424. The third-order valence-corrected chi connectivity index (χ3v) is 11.9. The van der Waals surface area contributed by atoms with E-state index in [1.165, 1.54) is 6.07 Å². The number of nitrogen functional groups attached to an aromatic ring is 1. The molecule has 8 rings (SSSR count). The Hall–Kier alpha value is -2.88. The molecule has 3 unspecified atom stereocenters. The van der Waals surface area contributed by atoms with Crippen LogP contribution in [0.25, 0.3) is 32.1 Å². The SMILES string of the molecule is N#Cc1c(N)sc2c(F)ccc(-c3c(Cl)cc4c(N5CC6CCC(C5)N6)nc(=O)n5c4c3SC[C@@H]5C3CCCNC3)c12. The number of hydrogen-bond donors (Lipinski definition) is 3. The highest BCUT2D eigenvalue weighted by Crippen LogP contribution is 2.52. The van der Waals surface area contributed by atoms with Gasteiger partial charge in [-0.25, -0.2) is 9.18 Å². The van der Waals surface area contributed by atoms with Gasteiger partial charge in [-0.05, 0) is 62.4 Å². The Kier molecular flexibility index (Phi) is 6.43. The minimum Gasteiger partial charge on any atom is -0.389 e. The minimum absolute atomic E-state index is 0.0141. The first-order valence-corrected chi connectivity index (χ1v) is 16.6. The van der Waals surface area contributed by atoms with Crippen LogP contribution < -0.4 is 27.0 Å². The van der Waals surface area contributed by atoms with Gasteiger partial charge in [0.1, 0.15) is 22.7 Å². The lowest BCUT2D eigenvalue weighted by atomic mass is 9.91. The number of aromatic nitrogens is 2. The van der Waals surface area contributed by atoms with Gasteiger partial charge in [0.05, 0.1) is 26.8 Å². The second kappa shape index (κ2) is 10.1. The molecule has 8 nitrogen and oxygen atoms in total. The largest absolute Gasteiger partial charge is 0.389 e. The van der Waals surface area contributed by atoms with Crippen molar-refractivity contribution in [3.63, 3.8) is 0 Å². The summed E-state index contributed by atoms with van der Waals surface area (Å²) in [6.45, 7) is 3.43. The van der Waals surface area contributed by atoms with E-state index in [-0.39, 0.29) is 22.3 Å². The zero-order valence-electron chi connectivity index (χ0n) is 22.8. The molecule has 4 aliphatic rings. The topological polar surface area (TPSA) is 112 Å². The number of piperidine rings is 1. The number of thiophene rings is 1. The maximum Gasteiger partial charge on any atom is 0.350 e. The Morgan fingerprint density at radius 1 is 1.21 bits per heavy atom. The van der Waals surface area contributed by atoms with Gasteiger partial charge in [-0.2, -0.15) is 10.2 Å². The van der Waals surface area contributed by atoms with Crippen LogP contribution in [0.5, 0.6) is 0 Å². The fraction of sp³-hybridized carbons (Fsp3) is 0.433. The van der Waals surface area contributed by atoms with Crippen LogP contribution in [0.15, 0.2) is 27.9 Å². The molecule has 3 fully saturated rings. The summed E-state index contributed by atoms with van der Waals surface area (Å²) >= 11 is 9.94.